The standard InChI is InChI=1S/C15H12ClF2NO3S2/c1-24(21,22)13-8-9(2-7-12(13)16)14(20)19-10-3-5-11(6-4-10)23-15(17)18/h2-8,15H,1H3,(H,19,20). The quantitative estimate of drug-likeness (QED) is 0.771. The van der Waals surface area contributed by atoms with Gasteiger partial charge in [-0.3, -0.25) is 4.79 Å². The van der Waals surface area contributed by atoms with Gasteiger partial charge in [0.2, 0.25) is 0 Å². The summed E-state index contributed by atoms with van der Waals surface area (Å²) in [5, 5.41) is 2.59. The second-order valence-electron chi connectivity index (χ2n) is 4.77. The summed E-state index contributed by atoms with van der Waals surface area (Å²) >= 11 is 6.23. The molecule has 1 N–H and O–H groups in total. The SMILES string of the molecule is CS(=O)(=O)c1cc(C(=O)Nc2ccc(SC(F)F)cc2)ccc1Cl. The zero-order chi connectivity index (χ0) is 17.9. The Hall–Kier alpha value is -1.64. The minimum atomic E-state index is -3.57. The minimum Gasteiger partial charge on any atom is -0.322 e. The number of anilines is 1. The highest BCUT2D eigenvalue weighted by Gasteiger charge is 2.16. The third-order valence-electron chi connectivity index (χ3n) is 2.93. The minimum absolute atomic E-state index is 0.0300. The summed E-state index contributed by atoms with van der Waals surface area (Å²) < 4.78 is 47.8. The van der Waals surface area contributed by atoms with Crippen LogP contribution in [-0.2, 0) is 9.84 Å². The number of hydrogen-bond donors (Lipinski definition) is 1. The molecule has 2 rings (SSSR count). The predicted molar refractivity (Wildman–Crippen MR) is 90.8 cm³/mol. The lowest BCUT2D eigenvalue weighted by molar-refractivity contribution is 0.102. The normalized spacial score (nSPS) is 11.5. The number of alkyl halides is 2. The molecular formula is C15H12ClF2NO3S2. The predicted octanol–water partition coefficient (Wildman–Crippen LogP) is 4.31. The van der Waals surface area contributed by atoms with Crippen molar-refractivity contribution in [2.24, 2.45) is 0 Å². The zero-order valence-corrected chi connectivity index (χ0v) is 14.7. The summed E-state index contributed by atoms with van der Waals surface area (Å²) in [6.45, 7) is 0. The number of carbonyl (C=O) groups is 1. The van der Waals surface area contributed by atoms with E-state index >= 15 is 0 Å². The lowest BCUT2D eigenvalue weighted by Gasteiger charge is -2.08. The van der Waals surface area contributed by atoms with Crippen molar-refractivity contribution in [3.63, 3.8) is 0 Å². The lowest BCUT2D eigenvalue weighted by Crippen LogP contribution is -2.13. The average Bonchev–Trinajstić information content (AvgIpc) is 2.48. The maximum Gasteiger partial charge on any atom is 0.288 e. The van der Waals surface area contributed by atoms with Crippen LogP contribution in [0, 0.1) is 0 Å². The van der Waals surface area contributed by atoms with Crippen LogP contribution in [0.25, 0.3) is 0 Å². The Labute approximate surface area is 147 Å². The molecule has 0 aliphatic carbocycles. The van der Waals surface area contributed by atoms with Gasteiger partial charge in [0.25, 0.3) is 11.7 Å². The number of carbonyl (C=O) groups excluding carboxylic acids is 1. The van der Waals surface area contributed by atoms with E-state index in [4.69, 9.17) is 11.6 Å². The van der Waals surface area contributed by atoms with Crippen molar-refractivity contribution in [2.75, 3.05) is 11.6 Å². The van der Waals surface area contributed by atoms with Gasteiger partial charge in [-0.2, -0.15) is 8.78 Å². The van der Waals surface area contributed by atoms with E-state index < -0.39 is 21.5 Å². The van der Waals surface area contributed by atoms with Gasteiger partial charge in [0.1, 0.15) is 0 Å². The van der Waals surface area contributed by atoms with Gasteiger partial charge < -0.3 is 5.32 Å². The summed E-state index contributed by atoms with van der Waals surface area (Å²) in [5.41, 5.74) is 0.514. The van der Waals surface area contributed by atoms with Crippen LogP contribution in [0.15, 0.2) is 52.3 Å². The van der Waals surface area contributed by atoms with Crippen LogP contribution in [0.2, 0.25) is 5.02 Å². The smallest absolute Gasteiger partial charge is 0.288 e. The summed E-state index contributed by atoms with van der Waals surface area (Å²) in [6.07, 6.45) is 0.995. The van der Waals surface area contributed by atoms with Crippen molar-refractivity contribution in [3.8, 4) is 0 Å². The number of nitrogens with one attached hydrogen (secondary N) is 1. The largest absolute Gasteiger partial charge is 0.322 e. The molecule has 0 radical (unpaired) electrons. The van der Waals surface area contributed by atoms with Gasteiger partial charge in [0.05, 0.1) is 9.92 Å². The Morgan fingerprint density at radius 1 is 1.17 bits per heavy atom. The fourth-order valence-corrected chi connectivity index (χ4v) is 3.65. The van der Waals surface area contributed by atoms with E-state index in [0.717, 1.165) is 6.26 Å². The van der Waals surface area contributed by atoms with Crippen molar-refractivity contribution in [2.45, 2.75) is 15.5 Å². The molecule has 0 aliphatic heterocycles. The summed E-state index contributed by atoms with van der Waals surface area (Å²) in [5.74, 6) is -3.06. The highest BCUT2D eigenvalue weighted by molar-refractivity contribution is 7.99. The maximum atomic E-state index is 12.3. The number of rotatable bonds is 5. The third kappa shape index (κ3) is 4.93. The molecule has 24 heavy (non-hydrogen) atoms. The summed E-state index contributed by atoms with van der Waals surface area (Å²) in [6, 6.07) is 9.79. The van der Waals surface area contributed by atoms with E-state index in [1.807, 2.05) is 0 Å². The number of sulfone groups is 1. The summed E-state index contributed by atoms with van der Waals surface area (Å²) in [7, 11) is -3.57. The van der Waals surface area contributed by atoms with Crippen LogP contribution in [-0.4, -0.2) is 26.3 Å². The second kappa shape index (κ2) is 7.50. The first-order valence-corrected chi connectivity index (χ1v) is 9.67. The number of halogens is 3. The highest BCUT2D eigenvalue weighted by Crippen LogP contribution is 2.27. The fraction of sp³-hybridized carbons (Fsp3) is 0.133. The van der Waals surface area contributed by atoms with Gasteiger partial charge in [-0.15, -0.1) is 0 Å². The van der Waals surface area contributed by atoms with E-state index in [1.165, 1.54) is 42.5 Å². The summed E-state index contributed by atoms with van der Waals surface area (Å²) in [4.78, 5) is 12.4. The van der Waals surface area contributed by atoms with Gasteiger partial charge in [-0.05, 0) is 42.5 Å². The van der Waals surface area contributed by atoms with Crippen molar-refractivity contribution < 1.29 is 22.0 Å². The lowest BCUT2D eigenvalue weighted by atomic mass is 10.2. The average molecular weight is 392 g/mol. The molecule has 2 aromatic carbocycles. The maximum absolute atomic E-state index is 12.3. The molecule has 4 nitrogen and oxygen atoms in total. The van der Waals surface area contributed by atoms with E-state index in [1.54, 1.807) is 0 Å². The molecule has 0 unspecified atom stereocenters. The number of hydrogen-bond acceptors (Lipinski definition) is 4. The molecule has 128 valence electrons. The second-order valence-corrected chi connectivity index (χ2v) is 8.23. The van der Waals surface area contributed by atoms with Crippen molar-refractivity contribution >= 4 is 44.8 Å². The topological polar surface area (TPSA) is 63.2 Å². The van der Waals surface area contributed by atoms with E-state index in [2.05, 4.69) is 5.32 Å². The molecule has 0 aliphatic rings. The molecule has 0 aromatic heterocycles. The molecule has 0 bridgehead atoms. The number of benzene rings is 2. The van der Waals surface area contributed by atoms with E-state index in [-0.39, 0.29) is 15.5 Å². The molecule has 0 fully saturated rings. The molecule has 9 heteroatoms. The van der Waals surface area contributed by atoms with E-state index in [9.17, 15) is 22.0 Å². The van der Waals surface area contributed by atoms with Gasteiger partial charge >= 0.3 is 0 Å². The van der Waals surface area contributed by atoms with Crippen LogP contribution in [0.1, 0.15) is 10.4 Å². The number of amides is 1. The number of thioether (sulfide) groups is 1. The fourth-order valence-electron chi connectivity index (χ4n) is 1.85. The molecule has 2 aromatic rings. The van der Waals surface area contributed by atoms with Gasteiger partial charge in [-0.1, -0.05) is 23.4 Å². The Balaban J connectivity index is 2.18. The first-order valence-electron chi connectivity index (χ1n) is 6.52. The monoisotopic (exact) mass is 391 g/mol. The molecule has 0 heterocycles. The Morgan fingerprint density at radius 3 is 2.33 bits per heavy atom. The Bertz CT molecular complexity index is 856. The first kappa shape index (κ1) is 18.7. The van der Waals surface area contributed by atoms with Crippen molar-refractivity contribution in [1.29, 1.82) is 0 Å². The van der Waals surface area contributed by atoms with Crippen LogP contribution < -0.4 is 5.32 Å². The molecular weight excluding hydrogens is 380 g/mol. The highest BCUT2D eigenvalue weighted by atomic mass is 35.5. The first-order chi connectivity index (χ1) is 11.2. The van der Waals surface area contributed by atoms with Gasteiger partial charge in [0, 0.05) is 22.4 Å². The molecule has 0 spiro atoms. The Morgan fingerprint density at radius 2 is 1.79 bits per heavy atom. The van der Waals surface area contributed by atoms with Gasteiger partial charge in [-0.25, -0.2) is 8.42 Å². The zero-order valence-electron chi connectivity index (χ0n) is 12.3. The molecule has 0 saturated heterocycles. The van der Waals surface area contributed by atoms with Crippen LogP contribution in [0.3, 0.4) is 0 Å². The van der Waals surface area contributed by atoms with Crippen LogP contribution in [0.5, 0.6) is 0 Å². The van der Waals surface area contributed by atoms with Crippen molar-refractivity contribution in [3.05, 3.63) is 53.1 Å². The van der Waals surface area contributed by atoms with Crippen LogP contribution in [0.4, 0.5) is 14.5 Å². The third-order valence-corrected chi connectivity index (χ3v) is 5.23. The van der Waals surface area contributed by atoms with Crippen molar-refractivity contribution in [1.82, 2.24) is 0 Å². The molecule has 0 atom stereocenters. The van der Waals surface area contributed by atoms with Gasteiger partial charge in [0.15, 0.2) is 9.84 Å². The van der Waals surface area contributed by atoms with Crippen LogP contribution >= 0.6 is 23.4 Å². The Kier molecular flexibility index (Phi) is 5.84. The van der Waals surface area contributed by atoms with E-state index in [0.29, 0.717) is 22.3 Å². The molecule has 1 amide bonds. The molecule has 0 saturated carbocycles.